The van der Waals surface area contributed by atoms with Gasteiger partial charge < -0.3 is 4.57 Å². The Labute approximate surface area is 152 Å². The molecule has 0 aliphatic carbocycles. The standard InChI is InChI=1S/C23H29OP/c1-20(2)12-10-13-21(3)14-11-19-25(24,22-15-6-4-7-16-22)23-17-8-5-9-18-23/h4-9,12,14-18H,10-11,13,19H2,1-3H3/b21-14+. The molecule has 0 aliphatic rings. The number of rotatable bonds is 8. The second-order valence-electron chi connectivity index (χ2n) is 6.79. The number of benzene rings is 2. The van der Waals surface area contributed by atoms with E-state index in [9.17, 15) is 4.57 Å². The summed E-state index contributed by atoms with van der Waals surface area (Å²) in [5.74, 6) is 0. The summed E-state index contributed by atoms with van der Waals surface area (Å²) in [5, 5.41) is 1.91. The van der Waals surface area contributed by atoms with Crippen LogP contribution in [0, 0.1) is 0 Å². The van der Waals surface area contributed by atoms with Gasteiger partial charge in [0.2, 0.25) is 0 Å². The molecule has 25 heavy (non-hydrogen) atoms. The molecular weight excluding hydrogens is 323 g/mol. The zero-order valence-electron chi connectivity index (χ0n) is 15.6. The normalized spacial score (nSPS) is 12.0. The average Bonchev–Trinajstić information content (AvgIpc) is 2.62. The largest absolute Gasteiger partial charge is 0.314 e. The zero-order valence-corrected chi connectivity index (χ0v) is 16.5. The smallest absolute Gasteiger partial charge is 0.143 e. The Hall–Kier alpha value is -1.85. The molecule has 0 radical (unpaired) electrons. The summed E-state index contributed by atoms with van der Waals surface area (Å²) in [6.07, 6.45) is 8.22. The molecule has 0 spiro atoms. The van der Waals surface area contributed by atoms with Gasteiger partial charge in [0.05, 0.1) is 0 Å². The highest BCUT2D eigenvalue weighted by atomic mass is 31.2. The first-order valence-electron chi connectivity index (χ1n) is 9.01. The van der Waals surface area contributed by atoms with Crippen LogP contribution in [-0.4, -0.2) is 6.16 Å². The molecule has 0 saturated heterocycles. The van der Waals surface area contributed by atoms with Gasteiger partial charge in [0, 0.05) is 16.8 Å². The van der Waals surface area contributed by atoms with Crippen LogP contribution in [-0.2, 0) is 4.57 Å². The van der Waals surface area contributed by atoms with Crippen molar-refractivity contribution < 1.29 is 4.57 Å². The summed E-state index contributed by atoms with van der Waals surface area (Å²) < 4.78 is 13.9. The average molecular weight is 352 g/mol. The highest BCUT2D eigenvalue weighted by Crippen LogP contribution is 2.44. The van der Waals surface area contributed by atoms with Gasteiger partial charge in [-0.25, -0.2) is 0 Å². The maximum Gasteiger partial charge on any atom is 0.143 e. The molecule has 0 amide bonds. The summed E-state index contributed by atoms with van der Waals surface area (Å²) in [5.41, 5.74) is 2.75. The van der Waals surface area contributed by atoms with E-state index in [1.165, 1.54) is 11.1 Å². The molecular formula is C23H29OP. The van der Waals surface area contributed by atoms with Crippen molar-refractivity contribution in [1.82, 2.24) is 0 Å². The molecule has 0 atom stereocenters. The molecule has 2 heteroatoms. The minimum atomic E-state index is -2.58. The molecule has 1 nitrogen and oxygen atoms in total. The summed E-state index contributed by atoms with van der Waals surface area (Å²) >= 11 is 0. The fraction of sp³-hybridized carbons (Fsp3) is 0.304. The molecule has 0 aliphatic heterocycles. The number of hydrogen-bond donors (Lipinski definition) is 0. The van der Waals surface area contributed by atoms with Crippen LogP contribution < -0.4 is 10.6 Å². The Kier molecular flexibility index (Phi) is 7.47. The van der Waals surface area contributed by atoms with Crippen molar-refractivity contribution in [1.29, 1.82) is 0 Å². The van der Waals surface area contributed by atoms with Gasteiger partial charge in [-0.15, -0.1) is 0 Å². The van der Waals surface area contributed by atoms with E-state index < -0.39 is 7.14 Å². The molecule has 0 bridgehead atoms. The second kappa shape index (κ2) is 9.59. The van der Waals surface area contributed by atoms with Crippen LogP contribution in [0.1, 0.15) is 40.0 Å². The molecule has 0 saturated carbocycles. The summed E-state index contributed by atoms with van der Waals surface area (Å²) in [6.45, 7) is 6.44. The Morgan fingerprint density at radius 2 is 1.32 bits per heavy atom. The molecule has 0 aromatic heterocycles. The fourth-order valence-electron chi connectivity index (χ4n) is 2.93. The first-order valence-corrected chi connectivity index (χ1v) is 10.9. The van der Waals surface area contributed by atoms with Gasteiger partial charge in [-0.3, -0.25) is 0 Å². The van der Waals surface area contributed by atoms with Gasteiger partial charge in [-0.1, -0.05) is 84.0 Å². The van der Waals surface area contributed by atoms with Gasteiger partial charge in [-0.05, 0) is 40.0 Å². The van der Waals surface area contributed by atoms with E-state index in [1.807, 2.05) is 60.7 Å². The van der Waals surface area contributed by atoms with Gasteiger partial charge in [0.1, 0.15) is 7.14 Å². The summed E-state index contributed by atoms with van der Waals surface area (Å²) in [7, 11) is -2.58. The van der Waals surface area contributed by atoms with Crippen LogP contribution in [0.4, 0.5) is 0 Å². The lowest BCUT2D eigenvalue weighted by Gasteiger charge is -2.18. The van der Waals surface area contributed by atoms with Crippen LogP contribution in [0.25, 0.3) is 0 Å². The number of allylic oxidation sites excluding steroid dienone is 4. The van der Waals surface area contributed by atoms with Gasteiger partial charge in [-0.2, -0.15) is 0 Å². The van der Waals surface area contributed by atoms with Crippen molar-refractivity contribution in [3.05, 3.63) is 84.0 Å². The van der Waals surface area contributed by atoms with Crippen molar-refractivity contribution in [2.24, 2.45) is 0 Å². The molecule has 132 valence electrons. The minimum Gasteiger partial charge on any atom is -0.314 e. The second-order valence-corrected chi connectivity index (χ2v) is 9.75. The summed E-state index contributed by atoms with van der Waals surface area (Å²) in [4.78, 5) is 0. The topological polar surface area (TPSA) is 17.1 Å². The van der Waals surface area contributed by atoms with Crippen LogP contribution in [0.2, 0.25) is 0 Å². The van der Waals surface area contributed by atoms with E-state index in [2.05, 4.69) is 32.9 Å². The molecule has 0 unspecified atom stereocenters. The quantitative estimate of drug-likeness (QED) is 0.415. The third-order valence-electron chi connectivity index (χ3n) is 4.37. The third-order valence-corrected chi connectivity index (χ3v) is 7.53. The number of hydrogen-bond acceptors (Lipinski definition) is 1. The highest BCUT2D eigenvalue weighted by Gasteiger charge is 2.25. The van der Waals surface area contributed by atoms with Gasteiger partial charge >= 0.3 is 0 Å². The van der Waals surface area contributed by atoms with E-state index in [-0.39, 0.29) is 0 Å². The van der Waals surface area contributed by atoms with Crippen molar-refractivity contribution in [2.75, 3.05) is 6.16 Å². The lowest BCUT2D eigenvalue weighted by atomic mass is 10.1. The van der Waals surface area contributed by atoms with E-state index in [0.29, 0.717) is 6.16 Å². The van der Waals surface area contributed by atoms with Gasteiger partial charge in [0.15, 0.2) is 0 Å². The van der Waals surface area contributed by atoms with E-state index in [1.54, 1.807) is 0 Å². The SMILES string of the molecule is CC(C)=CCC/C(C)=C/CCP(=O)(c1ccccc1)c1ccccc1. The Morgan fingerprint density at radius 1 is 0.800 bits per heavy atom. The Morgan fingerprint density at radius 3 is 1.80 bits per heavy atom. The van der Waals surface area contributed by atoms with Gasteiger partial charge in [0.25, 0.3) is 0 Å². The lowest BCUT2D eigenvalue weighted by Crippen LogP contribution is -2.18. The van der Waals surface area contributed by atoms with Crippen LogP contribution in [0.15, 0.2) is 84.0 Å². The van der Waals surface area contributed by atoms with E-state index >= 15 is 0 Å². The van der Waals surface area contributed by atoms with Crippen molar-refractivity contribution in [3.63, 3.8) is 0 Å². The monoisotopic (exact) mass is 352 g/mol. The van der Waals surface area contributed by atoms with E-state index in [0.717, 1.165) is 29.9 Å². The first kappa shape index (κ1) is 19.5. The third kappa shape index (κ3) is 5.87. The predicted octanol–water partition coefficient (Wildman–Crippen LogP) is 6.08. The van der Waals surface area contributed by atoms with Crippen molar-refractivity contribution in [2.45, 2.75) is 40.0 Å². The first-order chi connectivity index (χ1) is 12.0. The maximum atomic E-state index is 13.9. The molecule has 0 N–H and O–H groups in total. The fourth-order valence-corrected chi connectivity index (χ4v) is 5.54. The van der Waals surface area contributed by atoms with Crippen LogP contribution >= 0.6 is 7.14 Å². The highest BCUT2D eigenvalue weighted by molar-refractivity contribution is 7.78. The molecule has 0 heterocycles. The zero-order chi connectivity index (χ0) is 18.1. The van der Waals surface area contributed by atoms with E-state index in [4.69, 9.17) is 0 Å². The van der Waals surface area contributed by atoms with Crippen molar-refractivity contribution in [3.8, 4) is 0 Å². The predicted molar refractivity (Wildman–Crippen MR) is 112 cm³/mol. The Bertz CT molecular complexity index is 710. The molecule has 2 aromatic carbocycles. The molecule has 2 rings (SSSR count). The Balaban J connectivity index is 2.13. The molecule has 2 aromatic rings. The van der Waals surface area contributed by atoms with Crippen molar-refractivity contribution >= 4 is 17.8 Å². The summed E-state index contributed by atoms with van der Waals surface area (Å²) in [6, 6.07) is 19.9. The maximum absolute atomic E-state index is 13.9. The van der Waals surface area contributed by atoms with Crippen LogP contribution in [0.5, 0.6) is 0 Å². The minimum absolute atomic E-state index is 0.682. The van der Waals surface area contributed by atoms with Crippen LogP contribution in [0.3, 0.4) is 0 Å². The lowest BCUT2D eigenvalue weighted by molar-refractivity contribution is 0.586. The molecule has 0 fully saturated rings.